The SMILES string of the molecule is C=C(NNC(=O)c1ccccc1O)C1C(=O)NC(=O)NC1=O. The van der Waals surface area contributed by atoms with E-state index in [1.807, 2.05) is 10.6 Å². The van der Waals surface area contributed by atoms with E-state index >= 15 is 0 Å². The Bertz CT molecular complexity index is 665. The van der Waals surface area contributed by atoms with Crippen molar-refractivity contribution in [2.24, 2.45) is 5.92 Å². The molecule has 0 spiro atoms. The molecule has 114 valence electrons. The quantitative estimate of drug-likeness (QED) is 0.362. The number of imide groups is 2. The van der Waals surface area contributed by atoms with Crippen LogP contribution in [-0.4, -0.2) is 28.9 Å². The lowest BCUT2D eigenvalue weighted by Crippen LogP contribution is -2.58. The van der Waals surface area contributed by atoms with Gasteiger partial charge in [-0.05, 0) is 12.1 Å². The van der Waals surface area contributed by atoms with E-state index in [0.29, 0.717) is 0 Å². The number of hydrazine groups is 1. The van der Waals surface area contributed by atoms with Crippen LogP contribution in [0.3, 0.4) is 0 Å². The van der Waals surface area contributed by atoms with Gasteiger partial charge in [-0.3, -0.25) is 30.4 Å². The number of amides is 5. The third kappa shape index (κ3) is 3.03. The predicted octanol–water partition coefficient (Wildman–Crippen LogP) is -0.878. The van der Waals surface area contributed by atoms with Crippen molar-refractivity contribution in [1.82, 2.24) is 21.5 Å². The average molecular weight is 304 g/mol. The zero-order valence-electron chi connectivity index (χ0n) is 11.2. The Morgan fingerprint density at radius 3 is 2.27 bits per heavy atom. The van der Waals surface area contributed by atoms with E-state index in [2.05, 4.69) is 17.4 Å². The molecule has 9 heteroatoms. The number of carbonyl (C=O) groups is 4. The maximum absolute atomic E-state index is 11.8. The minimum Gasteiger partial charge on any atom is -0.507 e. The number of hydrogen-bond donors (Lipinski definition) is 5. The fourth-order valence-electron chi connectivity index (χ4n) is 1.78. The number of para-hydroxylation sites is 1. The number of phenolic OH excluding ortho intramolecular Hbond substituents is 1. The van der Waals surface area contributed by atoms with Crippen LogP contribution in [-0.2, 0) is 9.59 Å². The minimum absolute atomic E-state index is 0.00414. The minimum atomic E-state index is -1.37. The number of urea groups is 1. The van der Waals surface area contributed by atoms with Crippen molar-refractivity contribution in [3.8, 4) is 5.75 Å². The molecule has 0 atom stereocenters. The largest absolute Gasteiger partial charge is 0.507 e. The van der Waals surface area contributed by atoms with Crippen LogP contribution in [0.25, 0.3) is 0 Å². The number of nitrogens with one attached hydrogen (secondary N) is 4. The highest BCUT2D eigenvalue weighted by Gasteiger charge is 2.36. The van der Waals surface area contributed by atoms with Crippen LogP contribution in [0.4, 0.5) is 4.79 Å². The van der Waals surface area contributed by atoms with Crippen LogP contribution >= 0.6 is 0 Å². The van der Waals surface area contributed by atoms with Crippen LogP contribution in [0.2, 0.25) is 0 Å². The topological polar surface area (TPSA) is 137 Å². The first-order valence-electron chi connectivity index (χ1n) is 6.09. The second-order valence-electron chi connectivity index (χ2n) is 4.36. The molecule has 22 heavy (non-hydrogen) atoms. The van der Waals surface area contributed by atoms with Crippen molar-refractivity contribution in [3.63, 3.8) is 0 Å². The summed E-state index contributed by atoms with van der Waals surface area (Å²) in [5.41, 5.74) is 4.37. The summed E-state index contributed by atoms with van der Waals surface area (Å²) < 4.78 is 0. The highest BCUT2D eigenvalue weighted by Crippen LogP contribution is 2.15. The molecule has 0 radical (unpaired) electrons. The first-order valence-corrected chi connectivity index (χ1v) is 6.09. The lowest BCUT2D eigenvalue weighted by atomic mass is 10.0. The summed E-state index contributed by atoms with van der Waals surface area (Å²) in [6.45, 7) is 3.47. The summed E-state index contributed by atoms with van der Waals surface area (Å²) in [4.78, 5) is 45.9. The van der Waals surface area contributed by atoms with Gasteiger partial charge in [0, 0.05) is 5.70 Å². The standard InChI is InChI=1S/C13H12N4O5/c1-6(9-11(20)14-13(22)15-12(9)21)16-17-10(19)7-4-2-3-5-8(7)18/h2-5,9,16,18H,1H2,(H,17,19)(H2,14,15,20,21,22). The number of phenols is 1. The first-order chi connectivity index (χ1) is 10.4. The third-order valence-electron chi connectivity index (χ3n) is 2.83. The number of carbonyl (C=O) groups excluding carboxylic acids is 4. The highest BCUT2D eigenvalue weighted by atomic mass is 16.3. The molecule has 1 aliphatic heterocycles. The number of rotatable bonds is 4. The van der Waals surface area contributed by atoms with Gasteiger partial charge in [0.15, 0.2) is 5.92 Å². The molecule has 1 aliphatic rings. The van der Waals surface area contributed by atoms with Crippen molar-refractivity contribution in [1.29, 1.82) is 0 Å². The molecular formula is C13H12N4O5. The van der Waals surface area contributed by atoms with Crippen LogP contribution in [0, 0.1) is 5.92 Å². The Morgan fingerprint density at radius 1 is 1.09 bits per heavy atom. The molecule has 0 aliphatic carbocycles. The second-order valence-corrected chi connectivity index (χ2v) is 4.36. The number of benzene rings is 1. The van der Waals surface area contributed by atoms with Crippen molar-refractivity contribution >= 4 is 23.8 Å². The molecule has 1 heterocycles. The smallest absolute Gasteiger partial charge is 0.328 e. The number of aromatic hydroxyl groups is 1. The van der Waals surface area contributed by atoms with Crippen LogP contribution in [0.15, 0.2) is 36.5 Å². The molecular weight excluding hydrogens is 292 g/mol. The van der Waals surface area contributed by atoms with Gasteiger partial charge in [0.2, 0.25) is 11.8 Å². The molecule has 9 nitrogen and oxygen atoms in total. The number of hydrogen-bond acceptors (Lipinski definition) is 6. The average Bonchev–Trinajstić information content (AvgIpc) is 2.44. The van der Waals surface area contributed by atoms with E-state index in [1.54, 1.807) is 12.1 Å². The predicted molar refractivity (Wildman–Crippen MR) is 73.0 cm³/mol. The normalized spacial score (nSPS) is 14.8. The van der Waals surface area contributed by atoms with Gasteiger partial charge >= 0.3 is 6.03 Å². The molecule has 5 amide bonds. The maximum atomic E-state index is 11.8. The van der Waals surface area contributed by atoms with Crippen LogP contribution in [0.5, 0.6) is 5.75 Å². The summed E-state index contributed by atoms with van der Waals surface area (Å²) in [5.74, 6) is -4.01. The van der Waals surface area contributed by atoms with Gasteiger partial charge in [0.1, 0.15) is 5.75 Å². The molecule has 0 saturated carbocycles. The van der Waals surface area contributed by atoms with Crippen molar-refractivity contribution in [2.75, 3.05) is 0 Å². The Labute approximate surface area is 124 Å². The molecule has 0 bridgehead atoms. The van der Waals surface area contributed by atoms with E-state index in [9.17, 15) is 24.3 Å². The van der Waals surface area contributed by atoms with E-state index in [0.717, 1.165) is 0 Å². The van der Waals surface area contributed by atoms with E-state index in [4.69, 9.17) is 0 Å². The fraction of sp³-hybridized carbons (Fsp3) is 0.0769. The molecule has 1 aromatic rings. The summed E-state index contributed by atoms with van der Waals surface area (Å²) in [6, 6.07) is 4.89. The summed E-state index contributed by atoms with van der Waals surface area (Å²) in [5, 5.41) is 13.3. The molecule has 1 saturated heterocycles. The van der Waals surface area contributed by atoms with Gasteiger partial charge in [-0.15, -0.1) is 0 Å². The van der Waals surface area contributed by atoms with Gasteiger partial charge in [-0.1, -0.05) is 18.7 Å². The Morgan fingerprint density at radius 2 is 1.68 bits per heavy atom. The van der Waals surface area contributed by atoms with Crippen molar-refractivity contribution < 1.29 is 24.3 Å². The summed E-state index contributed by atoms with van der Waals surface area (Å²) >= 11 is 0. The van der Waals surface area contributed by atoms with E-state index < -0.39 is 29.7 Å². The van der Waals surface area contributed by atoms with Crippen molar-refractivity contribution in [2.45, 2.75) is 0 Å². The fourth-order valence-corrected chi connectivity index (χ4v) is 1.78. The molecule has 2 rings (SSSR count). The van der Waals surface area contributed by atoms with Gasteiger partial charge in [0.25, 0.3) is 5.91 Å². The highest BCUT2D eigenvalue weighted by molar-refractivity contribution is 6.17. The maximum Gasteiger partial charge on any atom is 0.328 e. The van der Waals surface area contributed by atoms with E-state index in [-0.39, 0.29) is 17.0 Å². The molecule has 1 fully saturated rings. The first kappa shape index (κ1) is 15.0. The van der Waals surface area contributed by atoms with Gasteiger partial charge in [-0.25, -0.2) is 4.79 Å². The molecule has 1 aromatic carbocycles. The third-order valence-corrected chi connectivity index (χ3v) is 2.83. The van der Waals surface area contributed by atoms with Crippen LogP contribution in [0.1, 0.15) is 10.4 Å². The Hall–Kier alpha value is -3.36. The lowest BCUT2D eigenvalue weighted by Gasteiger charge is -2.23. The molecule has 5 N–H and O–H groups in total. The Kier molecular flexibility index (Phi) is 4.07. The van der Waals surface area contributed by atoms with E-state index in [1.165, 1.54) is 12.1 Å². The lowest BCUT2D eigenvalue weighted by molar-refractivity contribution is -0.134. The zero-order valence-corrected chi connectivity index (χ0v) is 11.2. The molecule has 0 aromatic heterocycles. The van der Waals surface area contributed by atoms with Gasteiger partial charge in [0.05, 0.1) is 5.56 Å². The zero-order chi connectivity index (χ0) is 16.3. The van der Waals surface area contributed by atoms with Gasteiger partial charge < -0.3 is 10.5 Å². The van der Waals surface area contributed by atoms with Gasteiger partial charge in [-0.2, -0.15) is 0 Å². The summed E-state index contributed by atoms with van der Waals surface area (Å²) in [7, 11) is 0. The van der Waals surface area contributed by atoms with Crippen molar-refractivity contribution in [3.05, 3.63) is 42.1 Å². The van der Waals surface area contributed by atoms with Crippen LogP contribution < -0.4 is 21.5 Å². The molecule has 0 unspecified atom stereocenters. The Balaban J connectivity index is 2.00. The second kappa shape index (κ2) is 5.95. The number of barbiturate groups is 1. The monoisotopic (exact) mass is 304 g/mol. The summed E-state index contributed by atoms with van der Waals surface area (Å²) in [6.07, 6.45) is 0.